The summed E-state index contributed by atoms with van der Waals surface area (Å²) in [6.45, 7) is 3.75. The van der Waals surface area contributed by atoms with Crippen LogP contribution < -0.4 is 19.1 Å². The van der Waals surface area contributed by atoms with E-state index in [0.717, 1.165) is 21.7 Å². The predicted octanol–water partition coefficient (Wildman–Crippen LogP) is 2.85. The highest BCUT2D eigenvalue weighted by Crippen LogP contribution is 2.32. The van der Waals surface area contributed by atoms with Gasteiger partial charge < -0.3 is 14.8 Å². The molecule has 0 fully saturated rings. The number of hydrogen-bond donors (Lipinski definition) is 1. The number of amides is 1. The smallest absolute Gasteiger partial charge is 0.243 e. The lowest BCUT2D eigenvalue weighted by Crippen LogP contribution is -2.47. The van der Waals surface area contributed by atoms with Gasteiger partial charge in [-0.2, -0.15) is 0 Å². The first-order chi connectivity index (χ1) is 13.2. The minimum absolute atomic E-state index is 0.171. The molecule has 28 heavy (non-hydrogen) atoms. The summed E-state index contributed by atoms with van der Waals surface area (Å²) in [5.74, 6) is 0.842. The average Bonchev–Trinajstić information content (AvgIpc) is 3.09. The fourth-order valence-corrected chi connectivity index (χ4v) is 4.26. The van der Waals surface area contributed by atoms with Crippen molar-refractivity contribution in [2.24, 2.45) is 0 Å². The first-order valence-electron chi connectivity index (χ1n) is 8.58. The van der Waals surface area contributed by atoms with E-state index in [1.165, 1.54) is 6.92 Å². The van der Waals surface area contributed by atoms with Gasteiger partial charge in [0.2, 0.25) is 22.7 Å². The quantitative estimate of drug-likeness (QED) is 0.770. The largest absolute Gasteiger partial charge is 0.454 e. The van der Waals surface area contributed by atoms with Gasteiger partial charge >= 0.3 is 0 Å². The highest BCUT2D eigenvalue weighted by Gasteiger charge is 2.29. The lowest BCUT2D eigenvalue weighted by atomic mass is 10.2. The number of anilines is 1. The van der Waals surface area contributed by atoms with E-state index in [9.17, 15) is 13.2 Å². The van der Waals surface area contributed by atoms with Crippen molar-refractivity contribution in [3.8, 4) is 11.5 Å². The minimum atomic E-state index is -3.71. The molecule has 0 aromatic heterocycles. The second-order valence-corrected chi connectivity index (χ2v) is 8.84. The Morgan fingerprint density at radius 3 is 2.61 bits per heavy atom. The summed E-state index contributed by atoms with van der Waals surface area (Å²) in [7, 11) is -3.71. The lowest BCUT2D eigenvalue weighted by Gasteiger charge is -2.28. The van der Waals surface area contributed by atoms with Crippen LogP contribution in [0, 0.1) is 6.92 Å². The summed E-state index contributed by atoms with van der Waals surface area (Å²) in [4.78, 5) is 12.7. The monoisotopic (exact) mass is 424 g/mol. The van der Waals surface area contributed by atoms with E-state index in [2.05, 4.69) is 5.32 Å². The molecule has 1 aliphatic rings. The van der Waals surface area contributed by atoms with Crippen molar-refractivity contribution in [3.05, 3.63) is 52.5 Å². The second kappa shape index (κ2) is 7.89. The number of sulfonamides is 1. The predicted molar refractivity (Wildman–Crippen MR) is 107 cm³/mol. The topological polar surface area (TPSA) is 84.9 Å². The van der Waals surface area contributed by atoms with Gasteiger partial charge in [0.05, 0.1) is 11.9 Å². The lowest BCUT2D eigenvalue weighted by molar-refractivity contribution is -0.122. The Bertz CT molecular complexity index is 1010. The number of rotatable bonds is 6. The number of nitrogens with zero attached hydrogens (tertiary/aromatic N) is 1. The third-order valence-electron chi connectivity index (χ3n) is 4.40. The highest BCUT2D eigenvalue weighted by atomic mass is 35.5. The normalized spacial score (nSPS) is 13.9. The van der Waals surface area contributed by atoms with E-state index in [1.54, 1.807) is 30.3 Å². The molecule has 150 valence electrons. The van der Waals surface area contributed by atoms with Gasteiger partial charge in [-0.3, -0.25) is 9.10 Å². The molecule has 0 aliphatic carbocycles. The maximum Gasteiger partial charge on any atom is 0.243 e. The molecule has 1 heterocycles. The maximum atomic E-state index is 12.7. The van der Waals surface area contributed by atoms with Crippen LogP contribution in [0.4, 0.5) is 5.69 Å². The number of benzene rings is 2. The summed E-state index contributed by atoms with van der Waals surface area (Å²) in [5.41, 5.74) is 1.97. The number of ether oxygens (including phenoxy) is 2. The molecule has 1 atom stereocenters. The van der Waals surface area contributed by atoms with Crippen LogP contribution in [0.15, 0.2) is 36.4 Å². The maximum absolute atomic E-state index is 12.7. The second-order valence-electron chi connectivity index (χ2n) is 6.57. The van der Waals surface area contributed by atoms with Crippen molar-refractivity contribution < 1.29 is 22.7 Å². The number of carbonyl (C=O) groups is 1. The zero-order valence-electron chi connectivity index (χ0n) is 15.7. The van der Waals surface area contributed by atoms with Gasteiger partial charge in [-0.1, -0.05) is 23.7 Å². The third kappa shape index (κ3) is 4.34. The van der Waals surface area contributed by atoms with Gasteiger partial charge in [0.25, 0.3) is 0 Å². The van der Waals surface area contributed by atoms with E-state index in [0.29, 0.717) is 22.2 Å². The van der Waals surface area contributed by atoms with Crippen molar-refractivity contribution in [3.63, 3.8) is 0 Å². The molecule has 1 N–H and O–H groups in total. The van der Waals surface area contributed by atoms with Crippen molar-refractivity contribution in [1.82, 2.24) is 5.32 Å². The molecule has 0 saturated carbocycles. The van der Waals surface area contributed by atoms with Crippen LogP contribution in [-0.4, -0.2) is 33.4 Å². The summed E-state index contributed by atoms with van der Waals surface area (Å²) < 4.78 is 36.3. The third-order valence-corrected chi connectivity index (χ3v) is 6.05. The number of carbonyl (C=O) groups excluding carboxylic acids is 1. The molecule has 0 saturated heterocycles. The number of aryl methyl sites for hydroxylation is 1. The molecular weight excluding hydrogens is 404 g/mol. The zero-order valence-corrected chi connectivity index (χ0v) is 17.3. The highest BCUT2D eigenvalue weighted by molar-refractivity contribution is 7.92. The number of fused-ring (bicyclic) bond motifs is 1. The molecule has 2 aromatic carbocycles. The molecule has 2 aromatic rings. The Balaban J connectivity index is 1.75. The Labute approximate surface area is 169 Å². The van der Waals surface area contributed by atoms with E-state index >= 15 is 0 Å². The number of hydrogen-bond acceptors (Lipinski definition) is 5. The van der Waals surface area contributed by atoms with E-state index in [1.807, 2.05) is 13.0 Å². The van der Waals surface area contributed by atoms with Gasteiger partial charge in [0.15, 0.2) is 11.5 Å². The molecular formula is C19H21ClN2O5S. The van der Waals surface area contributed by atoms with Gasteiger partial charge in [-0.05, 0) is 49.2 Å². The molecule has 0 radical (unpaired) electrons. The molecule has 7 nitrogen and oxygen atoms in total. The summed E-state index contributed by atoms with van der Waals surface area (Å²) in [6.07, 6.45) is 1.06. The molecule has 0 spiro atoms. The van der Waals surface area contributed by atoms with Crippen molar-refractivity contribution in [2.45, 2.75) is 26.4 Å². The van der Waals surface area contributed by atoms with E-state index < -0.39 is 22.0 Å². The molecule has 1 amide bonds. The van der Waals surface area contributed by atoms with Crippen LogP contribution in [0.5, 0.6) is 11.5 Å². The van der Waals surface area contributed by atoms with Gasteiger partial charge in [-0.15, -0.1) is 0 Å². The van der Waals surface area contributed by atoms with Crippen LogP contribution in [-0.2, 0) is 21.4 Å². The fourth-order valence-electron chi connectivity index (χ4n) is 2.92. The van der Waals surface area contributed by atoms with Gasteiger partial charge in [-0.25, -0.2) is 8.42 Å². The minimum Gasteiger partial charge on any atom is -0.454 e. The first-order valence-corrected chi connectivity index (χ1v) is 10.8. The van der Waals surface area contributed by atoms with E-state index in [-0.39, 0.29) is 13.3 Å². The molecule has 9 heteroatoms. The first kappa shape index (κ1) is 20.3. The van der Waals surface area contributed by atoms with Gasteiger partial charge in [0, 0.05) is 11.6 Å². The fraction of sp³-hybridized carbons (Fsp3) is 0.316. The molecule has 3 rings (SSSR count). The van der Waals surface area contributed by atoms with E-state index in [4.69, 9.17) is 21.1 Å². The van der Waals surface area contributed by atoms with Crippen molar-refractivity contribution in [1.29, 1.82) is 0 Å². The van der Waals surface area contributed by atoms with Crippen LogP contribution in [0.1, 0.15) is 18.1 Å². The standard InChI is InChI=1S/C19H21ClN2O5S/c1-12-4-6-15(9-16(12)20)22(28(3,24)25)13(2)19(23)21-10-14-5-7-17-18(8-14)27-11-26-17/h4-9,13H,10-11H2,1-3H3,(H,21,23). The van der Waals surface area contributed by atoms with Gasteiger partial charge in [0.1, 0.15) is 6.04 Å². The molecule has 1 aliphatic heterocycles. The van der Waals surface area contributed by atoms with Crippen LogP contribution in [0.25, 0.3) is 0 Å². The van der Waals surface area contributed by atoms with Crippen LogP contribution in [0.3, 0.4) is 0 Å². The summed E-state index contributed by atoms with van der Waals surface area (Å²) in [6, 6.07) is 9.29. The van der Waals surface area contributed by atoms with Crippen LogP contribution >= 0.6 is 11.6 Å². The average molecular weight is 425 g/mol. The molecule has 1 unspecified atom stereocenters. The summed E-state index contributed by atoms with van der Waals surface area (Å²) in [5, 5.41) is 3.19. The van der Waals surface area contributed by atoms with Crippen LogP contribution in [0.2, 0.25) is 5.02 Å². The Hall–Kier alpha value is -2.45. The zero-order chi connectivity index (χ0) is 20.5. The van der Waals surface area contributed by atoms with Crippen molar-refractivity contribution in [2.75, 3.05) is 17.4 Å². The molecule has 0 bridgehead atoms. The number of nitrogens with one attached hydrogen (secondary N) is 1. The Morgan fingerprint density at radius 2 is 1.93 bits per heavy atom. The SMILES string of the molecule is Cc1ccc(N(C(C)C(=O)NCc2ccc3c(c2)OCO3)S(C)(=O)=O)cc1Cl. The Kier molecular flexibility index (Phi) is 5.71. The number of halogens is 1. The van der Waals surface area contributed by atoms with Crippen molar-refractivity contribution >= 4 is 33.2 Å². The Morgan fingerprint density at radius 1 is 1.21 bits per heavy atom. The summed E-state index contributed by atoms with van der Waals surface area (Å²) >= 11 is 6.14.